The van der Waals surface area contributed by atoms with Crippen LogP contribution in [0.15, 0.2) is 58.0 Å². The lowest BCUT2D eigenvalue weighted by Crippen LogP contribution is -2.44. The summed E-state index contributed by atoms with van der Waals surface area (Å²) in [7, 11) is 0. The summed E-state index contributed by atoms with van der Waals surface area (Å²) >= 11 is 0. The van der Waals surface area contributed by atoms with Crippen LogP contribution in [-0.4, -0.2) is 47.4 Å². The maximum absolute atomic E-state index is 14.8. The van der Waals surface area contributed by atoms with E-state index in [9.17, 15) is 9.50 Å². The Hall–Kier alpha value is -3.23. The lowest BCUT2D eigenvalue weighted by atomic mass is 9.92. The van der Waals surface area contributed by atoms with Gasteiger partial charge in [-0.15, -0.1) is 0 Å². The van der Waals surface area contributed by atoms with Crippen molar-refractivity contribution in [3.8, 4) is 11.1 Å². The highest BCUT2D eigenvalue weighted by Crippen LogP contribution is 2.31. The van der Waals surface area contributed by atoms with Gasteiger partial charge >= 0.3 is 0 Å². The van der Waals surface area contributed by atoms with Crippen molar-refractivity contribution in [3.63, 3.8) is 0 Å². The number of aromatic nitrogens is 1. The minimum Gasteiger partial charge on any atom is -0.391 e. The maximum Gasteiger partial charge on any atom is 0.191 e. The molecule has 3 aromatic rings. The van der Waals surface area contributed by atoms with E-state index in [4.69, 9.17) is 15.0 Å². The highest BCUT2D eigenvalue weighted by atomic mass is 19.1. The Morgan fingerprint density at radius 2 is 1.97 bits per heavy atom. The first-order valence-corrected chi connectivity index (χ1v) is 10.6. The van der Waals surface area contributed by atoms with Crippen LogP contribution < -0.4 is 5.73 Å². The summed E-state index contributed by atoms with van der Waals surface area (Å²) in [5.74, 6) is 0.279. The Bertz CT molecular complexity index is 1080. The number of guanidine groups is 1. The fourth-order valence-electron chi connectivity index (χ4n) is 3.85. The minimum atomic E-state index is -0.308. The molecule has 7 nitrogen and oxygen atoms in total. The number of aliphatic hydroxyl groups excluding tert-OH is 1. The maximum atomic E-state index is 14.8. The number of aliphatic imine (C=N–C) groups is 1. The molecule has 0 radical (unpaired) electrons. The second-order valence-electron chi connectivity index (χ2n) is 7.73. The van der Waals surface area contributed by atoms with Crippen molar-refractivity contribution in [2.75, 3.05) is 26.3 Å². The molecule has 1 aliphatic rings. The zero-order valence-corrected chi connectivity index (χ0v) is 18.0. The molecule has 0 bridgehead atoms. The van der Waals surface area contributed by atoms with Gasteiger partial charge in [0.15, 0.2) is 11.7 Å². The smallest absolute Gasteiger partial charge is 0.191 e. The number of rotatable bonds is 6. The molecule has 1 unspecified atom stereocenters. The Kier molecular flexibility index (Phi) is 6.82. The molecule has 4 rings (SSSR count). The van der Waals surface area contributed by atoms with Crippen molar-refractivity contribution in [1.82, 2.24) is 10.1 Å². The van der Waals surface area contributed by atoms with Crippen LogP contribution in [0, 0.1) is 5.82 Å². The first-order chi connectivity index (χ1) is 15.6. The lowest BCUT2D eigenvalue weighted by Gasteiger charge is -2.27. The van der Waals surface area contributed by atoms with Gasteiger partial charge in [0.05, 0.1) is 25.5 Å². The molecule has 0 spiro atoms. The van der Waals surface area contributed by atoms with E-state index in [0.717, 1.165) is 11.1 Å². The molecule has 0 amide bonds. The van der Waals surface area contributed by atoms with E-state index in [1.54, 1.807) is 6.07 Å². The third-order valence-electron chi connectivity index (χ3n) is 5.77. The first kappa shape index (κ1) is 22.0. The zero-order valence-electron chi connectivity index (χ0n) is 18.0. The number of hydrogen-bond donors (Lipinski definition) is 2. The summed E-state index contributed by atoms with van der Waals surface area (Å²) in [4.78, 5) is 6.33. The largest absolute Gasteiger partial charge is 0.391 e. The van der Waals surface area contributed by atoms with Crippen LogP contribution in [-0.2, 0) is 17.9 Å². The van der Waals surface area contributed by atoms with E-state index in [-0.39, 0.29) is 24.9 Å². The number of benzene rings is 2. The van der Waals surface area contributed by atoms with Crippen LogP contribution in [0.25, 0.3) is 11.1 Å². The highest BCUT2D eigenvalue weighted by Gasteiger charge is 2.23. The monoisotopic (exact) mass is 438 g/mol. The van der Waals surface area contributed by atoms with Crippen LogP contribution in [0.4, 0.5) is 4.39 Å². The van der Waals surface area contributed by atoms with E-state index in [1.807, 2.05) is 48.2 Å². The van der Waals surface area contributed by atoms with Crippen LogP contribution in [0.5, 0.6) is 0 Å². The van der Waals surface area contributed by atoms with Crippen molar-refractivity contribution in [1.29, 1.82) is 0 Å². The summed E-state index contributed by atoms with van der Waals surface area (Å²) in [5, 5.41) is 14.1. The number of morpholine rings is 1. The number of aliphatic hydroxyl groups is 1. The van der Waals surface area contributed by atoms with Gasteiger partial charge in [0.1, 0.15) is 12.4 Å². The summed E-state index contributed by atoms with van der Waals surface area (Å²) in [6, 6.07) is 14.6. The third kappa shape index (κ3) is 4.66. The van der Waals surface area contributed by atoms with E-state index in [0.29, 0.717) is 54.8 Å². The predicted octanol–water partition coefficient (Wildman–Crippen LogP) is 3.27. The Morgan fingerprint density at radius 3 is 2.66 bits per heavy atom. The van der Waals surface area contributed by atoms with E-state index >= 15 is 0 Å². The molecule has 0 saturated carbocycles. The zero-order chi connectivity index (χ0) is 22.5. The number of halogens is 1. The molecule has 1 saturated heterocycles. The summed E-state index contributed by atoms with van der Waals surface area (Å²) in [6.07, 6.45) is 0. The quantitative estimate of drug-likeness (QED) is 0.453. The van der Waals surface area contributed by atoms with E-state index in [1.165, 1.54) is 6.07 Å². The molecule has 8 heteroatoms. The van der Waals surface area contributed by atoms with Crippen LogP contribution in [0.1, 0.15) is 35.4 Å². The third-order valence-corrected chi connectivity index (χ3v) is 5.77. The predicted molar refractivity (Wildman–Crippen MR) is 119 cm³/mol. The topological polar surface area (TPSA) is 97.1 Å². The molecular formula is C24H27FN4O3. The normalized spacial score (nSPS) is 15.7. The van der Waals surface area contributed by atoms with Crippen LogP contribution in [0.2, 0.25) is 0 Å². The molecule has 2 heterocycles. The molecule has 0 aliphatic carbocycles. The minimum absolute atomic E-state index is 0.167. The SMILES string of the molecule is CC(c1ccc(-c2ccccc2)c(F)c1)c1noc(CN=C(N)N2CCOCC2)c1CO. The number of nitrogens with zero attached hydrogens (tertiary/aromatic N) is 3. The first-order valence-electron chi connectivity index (χ1n) is 10.6. The highest BCUT2D eigenvalue weighted by molar-refractivity contribution is 5.78. The van der Waals surface area contributed by atoms with Crippen molar-refractivity contribution < 1.29 is 18.8 Å². The summed E-state index contributed by atoms with van der Waals surface area (Å²) in [5.41, 5.74) is 9.30. The Balaban J connectivity index is 1.53. The van der Waals surface area contributed by atoms with E-state index < -0.39 is 0 Å². The van der Waals surface area contributed by atoms with Crippen molar-refractivity contribution >= 4 is 5.96 Å². The molecular weight excluding hydrogens is 411 g/mol. The summed E-state index contributed by atoms with van der Waals surface area (Å²) in [6.45, 7) is 4.42. The average molecular weight is 439 g/mol. The molecule has 32 heavy (non-hydrogen) atoms. The van der Waals surface area contributed by atoms with Crippen LogP contribution >= 0.6 is 0 Å². The molecule has 168 valence electrons. The Morgan fingerprint density at radius 1 is 1.22 bits per heavy atom. The second kappa shape index (κ2) is 9.93. The van der Waals surface area contributed by atoms with Crippen LogP contribution in [0.3, 0.4) is 0 Å². The number of ether oxygens (including phenoxy) is 1. The molecule has 2 aromatic carbocycles. The second-order valence-corrected chi connectivity index (χ2v) is 7.73. The molecule has 1 atom stereocenters. The standard InChI is InChI=1S/C24H27FN4O3/c1-16(18-7-8-19(21(25)13-18)17-5-3-2-4-6-17)23-20(15-30)22(32-28-23)14-27-24(26)29-9-11-31-12-10-29/h2-8,13,16,30H,9-12,14-15H2,1H3,(H2,26,27). The molecule has 1 fully saturated rings. The van der Waals surface area contributed by atoms with Gasteiger partial charge in [-0.2, -0.15) is 0 Å². The van der Waals surface area contributed by atoms with Gasteiger partial charge in [-0.1, -0.05) is 54.5 Å². The fourth-order valence-corrected chi connectivity index (χ4v) is 3.85. The molecule has 1 aliphatic heterocycles. The van der Waals surface area contributed by atoms with Crippen molar-refractivity contribution in [3.05, 3.63) is 76.9 Å². The van der Waals surface area contributed by atoms with Gasteiger partial charge in [0.25, 0.3) is 0 Å². The van der Waals surface area contributed by atoms with Gasteiger partial charge in [-0.25, -0.2) is 9.38 Å². The number of nitrogens with two attached hydrogens (primary N) is 1. The van der Waals surface area contributed by atoms with Gasteiger partial charge in [0, 0.05) is 30.1 Å². The van der Waals surface area contributed by atoms with Gasteiger partial charge in [-0.05, 0) is 17.2 Å². The lowest BCUT2D eigenvalue weighted by molar-refractivity contribution is 0.0674. The van der Waals surface area contributed by atoms with Gasteiger partial charge in [-0.3, -0.25) is 0 Å². The van der Waals surface area contributed by atoms with Gasteiger partial charge in [0.2, 0.25) is 0 Å². The molecule has 3 N–H and O–H groups in total. The summed E-state index contributed by atoms with van der Waals surface area (Å²) < 4.78 is 25.6. The fraction of sp³-hybridized carbons (Fsp3) is 0.333. The van der Waals surface area contributed by atoms with E-state index in [2.05, 4.69) is 10.1 Å². The van der Waals surface area contributed by atoms with Crippen molar-refractivity contribution in [2.24, 2.45) is 10.7 Å². The average Bonchev–Trinajstić information content (AvgIpc) is 3.26. The molecule has 1 aromatic heterocycles. The number of hydrogen-bond acceptors (Lipinski definition) is 5. The Labute approximate surface area is 186 Å². The van der Waals surface area contributed by atoms with Gasteiger partial charge < -0.3 is 25.0 Å². The van der Waals surface area contributed by atoms with Crippen molar-refractivity contribution in [2.45, 2.75) is 26.0 Å².